The topological polar surface area (TPSA) is 58.6 Å². The number of alkyl carbamates (subject to hydrolysis) is 1. The average Bonchev–Trinajstić information content (AvgIpc) is 1.96. The zero-order valence-corrected chi connectivity index (χ0v) is 9.38. The van der Waals surface area contributed by atoms with Crippen LogP contribution in [0.4, 0.5) is 4.79 Å². The summed E-state index contributed by atoms with van der Waals surface area (Å²) in [6.45, 7) is 6.92. The number of amides is 2. The zero-order chi connectivity index (χ0) is 11.4. The summed E-state index contributed by atoms with van der Waals surface area (Å²) in [5.74, 6) is -0.110. The smallest absolute Gasteiger partial charge is 0.409 e. The molecule has 0 bridgehead atoms. The number of nitrogens with zero attached hydrogens (tertiary/aromatic N) is 1. The normalized spacial score (nSPS) is 10.6. The third-order valence-corrected chi connectivity index (χ3v) is 1.40. The predicted molar refractivity (Wildman–Crippen MR) is 52.7 cm³/mol. The number of carbonyl (C=O) groups excluding carboxylic acids is 2. The average molecular weight is 202 g/mol. The van der Waals surface area contributed by atoms with E-state index in [2.05, 4.69) is 5.32 Å². The van der Waals surface area contributed by atoms with Crippen LogP contribution in [0.1, 0.15) is 27.7 Å². The maximum atomic E-state index is 11.1. The highest BCUT2D eigenvalue weighted by molar-refractivity contribution is 5.73. The van der Waals surface area contributed by atoms with E-state index in [1.54, 1.807) is 27.8 Å². The molecule has 5 nitrogen and oxygen atoms in total. The highest BCUT2D eigenvalue weighted by atomic mass is 16.6. The second-order valence-electron chi connectivity index (χ2n) is 4.05. The van der Waals surface area contributed by atoms with Crippen molar-refractivity contribution in [1.29, 1.82) is 0 Å². The second-order valence-corrected chi connectivity index (χ2v) is 4.05. The van der Waals surface area contributed by atoms with Gasteiger partial charge in [-0.05, 0) is 20.8 Å². The largest absolute Gasteiger partial charge is 0.444 e. The number of hydrogen-bond donors (Lipinski definition) is 1. The Morgan fingerprint density at radius 3 is 2.21 bits per heavy atom. The number of ether oxygens (including phenoxy) is 1. The Morgan fingerprint density at radius 2 is 1.86 bits per heavy atom. The Morgan fingerprint density at radius 1 is 1.36 bits per heavy atom. The van der Waals surface area contributed by atoms with Gasteiger partial charge in [0, 0.05) is 14.0 Å². The maximum Gasteiger partial charge on any atom is 0.409 e. The highest BCUT2D eigenvalue weighted by Gasteiger charge is 2.16. The summed E-state index contributed by atoms with van der Waals surface area (Å²) in [5.41, 5.74) is -0.515. The lowest BCUT2D eigenvalue weighted by Gasteiger charge is -2.21. The van der Waals surface area contributed by atoms with E-state index in [4.69, 9.17) is 4.74 Å². The van der Waals surface area contributed by atoms with Gasteiger partial charge in [-0.15, -0.1) is 0 Å². The number of rotatable bonds is 2. The van der Waals surface area contributed by atoms with Crippen molar-refractivity contribution in [2.24, 2.45) is 0 Å². The number of nitrogens with one attached hydrogen (secondary N) is 1. The molecule has 0 aromatic rings. The van der Waals surface area contributed by atoms with Gasteiger partial charge in [0.2, 0.25) is 5.91 Å². The fraction of sp³-hybridized carbons (Fsp3) is 0.778. The van der Waals surface area contributed by atoms with Gasteiger partial charge in [-0.3, -0.25) is 4.79 Å². The Hall–Kier alpha value is -1.26. The van der Waals surface area contributed by atoms with Crippen LogP contribution in [0.3, 0.4) is 0 Å². The molecule has 0 aliphatic carbocycles. The van der Waals surface area contributed by atoms with E-state index in [0.717, 1.165) is 0 Å². The molecular formula is C9H18N2O3. The van der Waals surface area contributed by atoms with Crippen molar-refractivity contribution < 1.29 is 14.3 Å². The Balaban J connectivity index is 3.81. The molecule has 0 heterocycles. The van der Waals surface area contributed by atoms with Gasteiger partial charge in [0.05, 0.1) is 6.67 Å². The van der Waals surface area contributed by atoms with E-state index in [-0.39, 0.29) is 12.6 Å². The van der Waals surface area contributed by atoms with E-state index in [9.17, 15) is 9.59 Å². The first-order valence-electron chi connectivity index (χ1n) is 4.41. The molecule has 0 aromatic heterocycles. The minimum atomic E-state index is -0.523. The molecule has 0 aliphatic rings. The third-order valence-electron chi connectivity index (χ3n) is 1.40. The van der Waals surface area contributed by atoms with Crippen molar-refractivity contribution in [3.05, 3.63) is 0 Å². The van der Waals surface area contributed by atoms with Crippen molar-refractivity contribution >= 4 is 12.0 Å². The first-order valence-corrected chi connectivity index (χ1v) is 4.41. The molecule has 14 heavy (non-hydrogen) atoms. The minimum absolute atomic E-state index is 0.110. The van der Waals surface area contributed by atoms with E-state index in [0.29, 0.717) is 0 Å². The van der Waals surface area contributed by atoms with Crippen LogP contribution in [0.15, 0.2) is 0 Å². The lowest BCUT2D eigenvalue weighted by Crippen LogP contribution is -2.40. The molecule has 1 N–H and O–H groups in total. The van der Waals surface area contributed by atoms with Gasteiger partial charge in [-0.2, -0.15) is 0 Å². The van der Waals surface area contributed by atoms with Crippen LogP contribution in [-0.4, -0.2) is 36.2 Å². The number of carbonyl (C=O) groups is 2. The lowest BCUT2D eigenvalue weighted by atomic mass is 10.2. The van der Waals surface area contributed by atoms with Crippen molar-refractivity contribution in [2.45, 2.75) is 33.3 Å². The maximum absolute atomic E-state index is 11.1. The van der Waals surface area contributed by atoms with Crippen molar-refractivity contribution in [1.82, 2.24) is 10.2 Å². The van der Waals surface area contributed by atoms with Crippen LogP contribution in [0, 0.1) is 0 Å². The van der Waals surface area contributed by atoms with E-state index in [1.807, 2.05) is 0 Å². The summed E-state index contributed by atoms with van der Waals surface area (Å²) >= 11 is 0. The second kappa shape index (κ2) is 4.83. The van der Waals surface area contributed by atoms with Crippen LogP contribution < -0.4 is 5.32 Å². The first-order chi connectivity index (χ1) is 6.22. The summed E-state index contributed by atoms with van der Waals surface area (Å²) in [4.78, 5) is 23.3. The summed E-state index contributed by atoms with van der Waals surface area (Å²) in [6.07, 6.45) is -0.523. The van der Waals surface area contributed by atoms with Gasteiger partial charge in [-0.25, -0.2) is 4.79 Å². The summed E-state index contributed by atoms with van der Waals surface area (Å²) in [6, 6.07) is 0. The third kappa shape index (κ3) is 6.28. The molecule has 82 valence electrons. The van der Waals surface area contributed by atoms with Crippen molar-refractivity contribution in [2.75, 3.05) is 13.7 Å². The monoisotopic (exact) mass is 202 g/mol. The highest BCUT2D eigenvalue weighted by Crippen LogP contribution is 2.06. The van der Waals surface area contributed by atoms with Gasteiger partial charge >= 0.3 is 6.09 Å². The lowest BCUT2D eigenvalue weighted by molar-refractivity contribution is -0.127. The van der Waals surface area contributed by atoms with Gasteiger partial charge in [-0.1, -0.05) is 0 Å². The van der Waals surface area contributed by atoms with E-state index >= 15 is 0 Å². The summed E-state index contributed by atoms with van der Waals surface area (Å²) in [7, 11) is 1.60. The van der Waals surface area contributed by atoms with E-state index in [1.165, 1.54) is 11.8 Å². The van der Waals surface area contributed by atoms with Crippen LogP contribution in [0.5, 0.6) is 0 Å². The molecule has 0 saturated carbocycles. The molecule has 2 amide bonds. The van der Waals surface area contributed by atoms with Crippen LogP contribution in [0.25, 0.3) is 0 Å². The Kier molecular flexibility index (Phi) is 4.40. The summed E-state index contributed by atoms with van der Waals surface area (Å²) in [5, 5.41) is 2.46. The molecule has 0 unspecified atom stereocenters. The molecule has 0 radical (unpaired) electrons. The first kappa shape index (κ1) is 12.7. The molecular weight excluding hydrogens is 184 g/mol. The standard InChI is InChI=1S/C9H18N2O3/c1-7(12)11(5)6-10-8(13)14-9(2,3)4/h6H2,1-5H3,(H,10,13). The van der Waals surface area contributed by atoms with Crippen LogP contribution in [-0.2, 0) is 9.53 Å². The SMILES string of the molecule is CC(=O)N(C)CNC(=O)OC(C)(C)C. The van der Waals surface area contributed by atoms with Gasteiger partial charge in [0.1, 0.15) is 5.60 Å². The Labute approximate surface area is 84.4 Å². The fourth-order valence-electron chi connectivity index (χ4n) is 0.609. The minimum Gasteiger partial charge on any atom is -0.444 e. The van der Waals surface area contributed by atoms with Gasteiger partial charge in [0.25, 0.3) is 0 Å². The Bertz CT molecular complexity index is 221. The van der Waals surface area contributed by atoms with E-state index < -0.39 is 11.7 Å². The molecule has 0 spiro atoms. The fourth-order valence-corrected chi connectivity index (χ4v) is 0.609. The van der Waals surface area contributed by atoms with Crippen molar-refractivity contribution in [3.63, 3.8) is 0 Å². The quantitative estimate of drug-likeness (QED) is 0.678. The number of hydrogen-bond acceptors (Lipinski definition) is 3. The summed E-state index contributed by atoms with van der Waals surface area (Å²) < 4.78 is 4.98. The van der Waals surface area contributed by atoms with Gasteiger partial charge in [0.15, 0.2) is 0 Å². The predicted octanol–water partition coefficient (Wildman–Crippen LogP) is 0.947. The molecule has 0 atom stereocenters. The van der Waals surface area contributed by atoms with Crippen molar-refractivity contribution in [3.8, 4) is 0 Å². The molecule has 0 saturated heterocycles. The molecule has 5 heteroatoms. The zero-order valence-electron chi connectivity index (χ0n) is 9.38. The molecule has 0 aliphatic heterocycles. The van der Waals surface area contributed by atoms with Gasteiger partial charge < -0.3 is 15.0 Å². The molecule has 0 rings (SSSR count). The molecule has 0 fully saturated rings. The molecule has 0 aromatic carbocycles. The van der Waals surface area contributed by atoms with Crippen LogP contribution in [0.2, 0.25) is 0 Å². The van der Waals surface area contributed by atoms with Crippen LogP contribution >= 0.6 is 0 Å².